The van der Waals surface area contributed by atoms with Gasteiger partial charge in [-0.25, -0.2) is 0 Å². The number of phenols is 1. The summed E-state index contributed by atoms with van der Waals surface area (Å²) in [5.41, 5.74) is 2.63. The van der Waals surface area contributed by atoms with E-state index in [9.17, 15) is 5.11 Å². The lowest BCUT2D eigenvalue weighted by Gasteiger charge is -2.32. The molecule has 1 aliphatic rings. The Morgan fingerprint density at radius 1 is 1.36 bits per heavy atom. The molecule has 0 saturated carbocycles. The molecule has 0 bridgehead atoms. The zero-order valence-electron chi connectivity index (χ0n) is 14.7. The van der Waals surface area contributed by atoms with Gasteiger partial charge >= 0.3 is 0 Å². The highest BCUT2D eigenvalue weighted by Crippen LogP contribution is 2.41. The van der Waals surface area contributed by atoms with Crippen LogP contribution < -0.4 is 4.74 Å². The lowest BCUT2D eigenvalue weighted by atomic mass is 9.92. The Hall–Kier alpha value is -1.70. The summed E-state index contributed by atoms with van der Waals surface area (Å²) < 4.78 is 6.15. The van der Waals surface area contributed by atoms with Gasteiger partial charge in [0.2, 0.25) is 0 Å². The molecule has 0 saturated heterocycles. The van der Waals surface area contributed by atoms with E-state index in [1.807, 2.05) is 39.0 Å². The maximum Gasteiger partial charge on any atom is 0.131 e. The molecular weight excluding hydrogens is 272 g/mol. The second-order valence-corrected chi connectivity index (χ2v) is 5.75. The van der Waals surface area contributed by atoms with Gasteiger partial charge in [-0.05, 0) is 62.5 Å². The van der Waals surface area contributed by atoms with Crippen LogP contribution in [0.5, 0.6) is 11.5 Å². The first kappa shape index (κ1) is 18.3. The Labute approximate surface area is 135 Å². The molecule has 1 aliphatic heterocycles. The largest absolute Gasteiger partial charge is 0.507 e. The number of hydrogen-bond acceptors (Lipinski definition) is 2. The highest BCUT2D eigenvalue weighted by molar-refractivity contribution is 5.70. The van der Waals surface area contributed by atoms with Crippen LogP contribution in [0.15, 0.2) is 24.8 Å². The molecule has 0 radical (unpaired) electrons. The van der Waals surface area contributed by atoms with Crippen molar-refractivity contribution in [2.45, 2.75) is 65.9 Å². The lowest BCUT2D eigenvalue weighted by Crippen LogP contribution is -2.31. The fourth-order valence-corrected chi connectivity index (χ4v) is 2.66. The third-order valence-electron chi connectivity index (χ3n) is 3.97. The predicted molar refractivity (Wildman–Crippen MR) is 95.7 cm³/mol. The number of hydrogen-bond donors (Lipinski definition) is 1. The molecule has 1 aromatic carbocycles. The van der Waals surface area contributed by atoms with Crippen LogP contribution in [0.1, 0.15) is 63.6 Å². The number of phenolic OH excluding ortho intramolecular Hbond substituents is 1. The van der Waals surface area contributed by atoms with Gasteiger partial charge < -0.3 is 9.84 Å². The molecule has 0 amide bonds. The molecule has 2 nitrogen and oxygen atoms in total. The number of allylic oxidation sites excluding steroid dienone is 1. The minimum absolute atomic E-state index is 0.313. The van der Waals surface area contributed by atoms with Gasteiger partial charge in [-0.2, -0.15) is 0 Å². The summed E-state index contributed by atoms with van der Waals surface area (Å²) in [6.45, 7) is 14.0. The van der Waals surface area contributed by atoms with Crippen LogP contribution in [0.2, 0.25) is 0 Å². The van der Waals surface area contributed by atoms with Crippen molar-refractivity contribution < 1.29 is 9.84 Å². The van der Waals surface area contributed by atoms with Gasteiger partial charge in [-0.1, -0.05) is 33.3 Å². The normalized spacial score (nSPS) is 18.8. The fourth-order valence-electron chi connectivity index (χ4n) is 2.66. The smallest absolute Gasteiger partial charge is 0.131 e. The van der Waals surface area contributed by atoms with Gasteiger partial charge in [0.25, 0.3) is 0 Å². The summed E-state index contributed by atoms with van der Waals surface area (Å²) >= 11 is 0. The summed E-state index contributed by atoms with van der Waals surface area (Å²) in [5.74, 6) is 1.15. The molecule has 1 atom stereocenters. The van der Waals surface area contributed by atoms with Crippen LogP contribution >= 0.6 is 0 Å². The molecule has 1 N–H and O–H groups in total. The third kappa shape index (κ3) is 3.94. The number of aryl methyl sites for hydroxylation is 1. The van der Waals surface area contributed by atoms with Gasteiger partial charge in [0.05, 0.1) is 5.56 Å². The zero-order valence-corrected chi connectivity index (χ0v) is 14.7. The number of benzene rings is 1. The van der Waals surface area contributed by atoms with Crippen LogP contribution in [-0.2, 0) is 6.42 Å². The monoisotopic (exact) mass is 302 g/mol. The summed E-state index contributed by atoms with van der Waals surface area (Å²) in [5, 5.41) is 10.3. The Bertz CT molecular complexity index is 543. The molecular formula is C20H30O2. The first-order valence-corrected chi connectivity index (χ1v) is 8.35. The topological polar surface area (TPSA) is 29.5 Å². The summed E-state index contributed by atoms with van der Waals surface area (Å²) in [4.78, 5) is 0. The van der Waals surface area contributed by atoms with Crippen LogP contribution in [0.3, 0.4) is 0 Å². The van der Waals surface area contributed by atoms with E-state index in [0.717, 1.165) is 42.6 Å². The SMILES string of the molecule is C=CCCC1(C)C=Cc2c(cc(CCC)c(C)c2O)O1.CC. The maximum atomic E-state index is 10.3. The number of ether oxygens (including phenoxy) is 1. The summed E-state index contributed by atoms with van der Waals surface area (Å²) in [7, 11) is 0. The first-order chi connectivity index (χ1) is 10.5. The number of rotatable bonds is 5. The Morgan fingerprint density at radius 3 is 2.64 bits per heavy atom. The zero-order chi connectivity index (χ0) is 16.8. The highest BCUT2D eigenvalue weighted by atomic mass is 16.5. The third-order valence-corrected chi connectivity index (χ3v) is 3.97. The van der Waals surface area contributed by atoms with E-state index in [2.05, 4.69) is 26.5 Å². The van der Waals surface area contributed by atoms with Crippen molar-refractivity contribution in [3.63, 3.8) is 0 Å². The number of aromatic hydroxyl groups is 1. The first-order valence-electron chi connectivity index (χ1n) is 8.35. The quantitative estimate of drug-likeness (QED) is 0.695. The summed E-state index contributed by atoms with van der Waals surface area (Å²) in [6.07, 6.45) is 9.76. The van der Waals surface area contributed by atoms with E-state index in [1.165, 1.54) is 5.56 Å². The molecule has 0 spiro atoms. The Morgan fingerprint density at radius 2 is 2.05 bits per heavy atom. The molecule has 2 rings (SSSR count). The van der Waals surface area contributed by atoms with E-state index >= 15 is 0 Å². The molecule has 122 valence electrons. The lowest BCUT2D eigenvalue weighted by molar-refractivity contribution is 0.128. The van der Waals surface area contributed by atoms with Crippen molar-refractivity contribution in [1.82, 2.24) is 0 Å². The van der Waals surface area contributed by atoms with Gasteiger partial charge in [0.1, 0.15) is 17.1 Å². The van der Waals surface area contributed by atoms with Gasteiger partial charge in [0.15, 0.2) is 0 Å². The minimum atomic E-state index is -0.313. The van der Waals surface area contributed by atoms with Crippen molar-refractivity contribution in [1.29, 1.82) is 0 Å². The van der Waals surface area contributed by atoms with Gasteiger partial charge in [-0.15, -0.1) is 6.58 Å². The van der Waals surface area contributed by atoms with E-state index in [1.54, 1.807) is 0 Å². The average molecular weight is 302 g/mol. The Kier molecular flexibility index (Phi) is 6.73. The molecule has 1 unspecified atom stereocenters. The molecule has 0 aliphatic carbocycles. The van der Waals surface area contributed by atoms with Crippen molar-refractivity contribution in [2.75, 3.05) is 0 Å². The van der Waals surface area contributed by atoms with Crippen LogP contribution in [0, 0.1) is 6.92 Å². The average Bonchev–Trinajstić information content (AvgIpc) is 2.52. The standard InChI is InChI=1S/C18H24O2.C2H6/c1-5-7-10-18(4)11-9-15-16(20-18)12-14(8-6-2)13(3)17(15)19;1-2/h5,9,11-12,19H,1,6-8,10H2,2-4H3;1-2H3. The fraction of sp³-hybridized carbons (Fsp3) is 0.500. The second-order valence-electron chi connectivity index (χ2n) is 5.75. The highest BCUT2D eigenvalue weighted by Gasteiger charge is 2.28. The van der Waals surface area contributed by atoms with Crippen molar-refractivity contribution in [2.24, 2.45) is 0 Å². The van der Waals surface area contributed by atoms with E-state index in [4.69, 9.17) is 4.74 Å². The van der Waals surface area contributed by atoms with Crippen molar-refractivity contribution in [3.05, 3.63) is 41.5 Å². The van der Waals surface area contributed by atoms with E-state index < -0.39 is 0 Å². The van der Waals surface area contributed by atoms with Gasteiger partial charge in [-0.3, -0.25) is 0 Å². The molecule has 0 aromatic heterocycles. The molecule has 1 aromatic rings. The van der Waals surface area contributed by atoms with Crippen LogP contribution in [0.4, 0.5) is 0 Å². The molecule has 22 heavy (non-hydrogen) atoms. The minimum Gasteiger partial charge on any atom is -0.507 e. The summed E-state index contributed by atoms with van der Waals surface area (Å²) in [6, 6.07) is 2.09. The second kappa shape index (κ2) is 8.07. The maximum absolute atomic E-state index is 10.3. The molecule has 0 fully saturated rings. The van der Waals surface area contributed by atoms with Crippen molar-refractivity contribution >= 4 is 6.08 Å². The van der Waals surface area contributed by atoms with Crippen LogP contribution in [-0.4, -0.2) is 10.7 Å². The Balaban J connectivity index is 0.00000116. The van der Waals surface area contributed by atoms with E-state index in [0.29, 0.717) is 5.75 Å². The van der Waals surface area contributed by atoms with Crippen LogP contribution in [0.25, 0.3) is 6.08 Å². The predicted octanol–water partition coefficient (Wildman–Crippen LogP) is 5.81. The van der Waals surface area contributed by atoms with Crippen molar-refractivity contribution in [3.8, 4) is 11.5 Å². The molecule has 1 heterocycles. The molecule has 2 heteroatoms. The van der Waals surface area contributed by atoms with E-state index in [-0.39, 0.29) is 5.60 Å². The number of fused-ring (bicyclic) bond motifs is 1. The van der Waals surface area contributed by atoms with Gasteiger partial charge in [0, 0.05) is 0 Å².